The highest BCUT2D eigenvalue weighted by Crippen LogP contribution is 2.37. The number of thiophene rings is 1. The van der Waals surface area contributed by atoms with Crippen molar-refractivity contribution in [1.82, 2.24) is 19.7 Å². The molecule has 0 aromatic carbocycles. The molecular formula is C16H19N5OS. The van der Waals surface area contributed by atoms with Crippen LogP contribution in [0.4, 0.5) is 5.82 Å². The molecule has 4 heterocycles. The SMILES string of the molecule is Cc1csc2ncnc(NCC3(c4cnn(C)c4)CCCO3)c12. The molecule has 3 aromatic heterocycles. The Bertz CT molecular complexity index is 834. The Labute approximate surface area is 138 Å². The van der Waals surface area contributed by atoms with Gasteiger partial charge in [-0.1, -0.05) is 0 Å². The third kappa shape index (κ3) is 2.49. The van der Waals surface area contributed by atoms with Gasteiger partial charge >= 0.3 is 0 Å². The van der Waals surface area contributed by atoms with Gasteiger partial charge in [-0.25, -0.2) is 9.97 Å². The molecule has 7 heteroatoms. The predicted molar refractivity (Wildman–Crippen MR) is 90.7 cm³/mol. The summed E-state index contributed by atoms with van der Waals surface area (Å²) >= 11 is 1.65. The zero-order chi connectivity index (χ0) is 15.9. The Morgan fingerprint density at radius 3 is 3.09 bits per heavy atom. The molecule has 120 valence electrons. The van der Waals surface area contributed by atoms with Gasteiger partial charge in [-0.05, 0) is 30.7 Å². The molecule has 1 unspecified atom stereocenters. The summed E-state index contributed by atoms with van der Waals surface area (Å²) in [5, 5.41) is 11.0. The number of hydrogen-bond donors (Lipinski definition) is 1. The van der Waals surface area contributed by atoms with Crippen molar-refractivity contribution in [3.05, 3.63) is 35.2 Å². The summed E-state index contributed by atoms with van der Waals surface area (Å²) in [7, 11) is 1.93. The largest absolute Gasteiger partial charge is 0.368 e. The Kier molecular flexibility index (Phi) is 3.54. The van der Waals surface area contributed by atoms with Crippen molar-refractivity contribution in [2.75, 3.05) is 18.5 Å². The summed E-state index contributed by atoms with van der Waals surface area (Å²) in [6.45, 7) is 3.56. The van der Waals surface area contributed by atoms with Crippen LogP contribution in [-0.4, -0.2) is 32.9 Å². The lowest BCUT2D eigenvalue weighted by molar-refractivity contribution is 0.0115. The van der Waals surface area contributed by atoms with Gasteiger partial charge in [0.25, 0.3) is 0 Å². The average molecular weight is 329 g/mol. The first-order valence-corrected chi connectivity index (χ1v) is 8.62. The number of nitrogens with one attached hydrogen (secondary N) is 1. The van der Waals surface area contributed by atoms with Crippen molar-refractivity contribution in [2.24, 2.45) is 7.05 Å². The first-order valence-electron chi connectivity index (χ1n) is 7.74. The fourth-order valence-electron chi connectivity index (χ4n) is 3.20. The molecule has 0 amide bonds. The van der Waals surface area contributed by atoms with Crippen molar-refractivity contribution < 1.29 is 4.74 Å². The lowest BCUT2D eigenvalue weighted by atomic mass is 9.93. The number of hydrogen-bond acceptors (Lipinski definition) is 6. The van der Waals surface area contributed by atoms with E-state index in [1.54, 1.807) is 17.7 Å². The maximum absolute atomic E-state index is 6.13. The number of fused-ring (bicyclic) bond motifs is 1. The quantitative estimate of drug-likeness (QED) is 0.797. The highest BCUT2D eigenvalue weighted by molar-refractivity contribution is 7.17. The number of aromatic nitrogens is 4. The standard InChI is InChI=1S/C16H19N5OS/c1-11-8-23-15-13(11)14(18-10-19-15)17-9-16(4-3-5-22-16)12-6-20-21(2)7-12/h6-8,10H,3-5,9H2,1-2H3,(H,17,18,19). The van der Waals surface area contributed by atoms with Gasteiger partial charge in [0.2, 0.25) is 0 Å². The van der Waals surface area contributed by atoms with Crippen molar-refractivity contribution in [2.45, 2.75) is 25.4 Å². The van der Waals surface area contributed by atoms with E-state index < -0.39 is 0 Å². The minimum absolute atomic E-state index is 0.324. The van der Waals surface area contributed by atoms with Gasteiger partial charge in [0, 0.05) is 32.0 Å². The molecule has 1 fully saturated rings. The van der Waals surface area contributed by atoms with Gasteiger partial charge in [0.1, 0.15) is 22.6 Å². The molecule has 6 nitrogen and oxygen atoms in total. The Morgan fingerprint density at radius 1 is 1.43 bits per heavy atom. The van der Waals surface area contributed by atoms with E-state index in [0.29, 0.717) is 6.54 Å². The Balaban J connectivity index is 1.64. The first kappa shape index (κ1) is 14.6. The molecule has 3 aromatic rings. The van der Waals surface area contributed by atoms with Crippen LogP contribution in [0.2, 0.25) is 0 Å². The number of nitrogens with zero attached hydrogens (tertiary/aromatic N) is 4. The van der Waals surface area contributed by atoms with Crippen molar-refractivity contribution in [3.63, 3.8) is 0 Å². The Morgan fingerprint density at radius 2 is 2.35 bits per heavy atom. The average Bonchev–Trinajstić information content (AvgIpc) is 3.27. The molecular weight excluding hydrogens is 310 g/mol. The van der Waals surface area contributed by atoms with Crippen LogP contribution in [0.3, 0.4) is 0 Å². The molecule has 23 heavy (non-hydrogen) atoms. The van der Waals surface area contributed by atoms with E-state index in [1.165, 1.54) is 5.56 Å². The minimum Gasteiger partial charge on any atom is -0.368 e. The minimum atomic E-state index is -0.324. The lowest BCUT2D eigenvalue weighted by Gasteiger charge is -2.28. The summed E-state index contributed by atoms with van der Waals surface area (Å²) in [5.74, 6) is 0.882. The predicted octanol–water partition coefficient (Wildman–Crippen LogP) is 2.85. The van der Waals surface area contributed by atoms with E-state index in [1.807, 2.05) is 24.1 Å². The highest BCUT2D eigenvalue weighted by atomic mass is 32.1. The molecule has 1 saturated heterocycles. The van der Waals surface area contributed by atoms with Crippen LogP contribution >= 0.6 is 11.3 Å². The van der Waals surface area contributed by atoms with E-state index in [4.69, 9.17) is 4.74 Å². The summed E-state index contributed by atoms with van der Waals surface area (Å²) in [4.78, 5) is 9.80. The van der Waals surface area contributed by atoms with Crippen LogP contribution in [0.15, 0.2) is 24.1 Å². The normalized spacial score (nSPS) is 21.1. The second-order valence-electron chi connectivity index (χ2n) is 6.02. The summed E-state index contributed by atoms with van der Waals surface area (Å²) < 4.78 is 7.95. The van der Waals surface area contributed by atoms with Crippen LogP contribution < -0.4 is 5.32 Å². The molecule has 1 N–H and O–H groups in total. The summed E-state index contributed by atoms with van der Waals surface area (Å²) in [6.07, 6.45) is 7.61. The van der Waals surface area contributed by atoms with Crippen molar-refractivity contribution in [3.8, 4) is 0 Å². The number of ether oxygens (including phenoxy) is 1. The van der Waals surface area contributed by atoms with E-state index in [2.05, 4.69) is 32.7 Å². The molecule has 1 atom stereocenters. The van der Waals surface area contributed by atoms with E-state index in [0.717, 1.165) is 41.0 Å². The topological polar surface area (TPSA) is 64.9 Å². The summed E-state index contributed by atoms with van der Waals surface area (Å²) in [5.41, 5.74) is 2.00. The summed E-state index contributed by atoms with van der Waals surface area (Å²) in [6, 6.07) is 0. The van der Waals surface area contributed by atoms with E-state index >= 15 is 0 Å². The molecule has 0 aliphatic carbocycles. The first-order chi connectivity index (χ1) is 11.2. The second-order valence-corrected chi connectivity index (χ2v) is 6.88. The fraction of sp³-hybridized carbons (Fsp3) is 0.438. The van der Waals surface area contributed by atoms with E-state index in [-0.39, 0.29) is 5.60 Å². The second kappa shape index (κ2) is 5.58. The monoisotopic (exact) mass is 329 g/mol. The zero-order valence-corrected chi connectivity index (χ0v) is 14.1. The molecule has 0 spiro atoms. The highest BCUT2D eigenvalue weighted by Gasteiger charge is 2.38. The molecule has 4 rings (SSSR count). The molecule has 0 radical (unpaired) electrons. The van der Waals surface area contributed by atoms with Crippen molar-refractivity contribution >= 4 is 27.4 Å². The maximum Gasteiger partial charge on any atom is 0.138 e. The Hall–Kier alpha value is -1.99. The third-order valence-corrected chi connectivity index (χ3v) is 5.43. The van der Waals surface area contributed by atoms with Crippen LogP contribution in [0.1, 0.15) is 24.0 Å². The molecule has 1 aliphatic heterocycles. The van der Waals surface area contributed by atoms with Gasteiger partial charge in [-0.15, -0.1) is 11.3 Å². The fourth-order valence-corrected chi connectivity index (χ4v) is 4.09. The van der Waals surface area contributed by atoms with Crippen LogP contribution in [0, 0.1) is 6.92 Å². The third-order valence-electron chi connectivity index (χ3n) is 4.43. The number of aryl methyl sites for hydroxylation is 2. The van der Waals surface area contributed by atoms with Crippen LogP contribution in [-0.2, 0) is 17.4 Å². The maximum atomic E-state index is 6.13. The molecule has 1 aliphatic rings. The van der Waals surface area contributed by atoms with Crippen molar-refractivity contribution in [1.29, 1.82) is 0 Å². The molecule has 0 saturated carbocycles. The van der Waals surface area contributed by atoms with Crippen LogP contribution in [0.5, 0.6) is 0 Å². The molecule has 0 bridgehead atoms. The smallest absolute Gasteiger partial charge is 0.138 e. The van der Waals surface area contributed by atoms with Gasteiger partial charge in [-0.2, -0.15) is 5.10 Å². The van der Waals surface area contributed by atoms with Gasteiger partial charge in [0.05, 0.1) is 11.6 Å². The number of rotatable bonds is 4. The zero-order valence-electron chi connectivity index (χ0n) is 13.2. The van der Waals surface area contributed by atoms with Crippen LogP contribution in [0.25, 0.3) is 10.2 Å². The van der Waals surface area contributed by atoms with E-state index in [9.17, 15) is 0 Å². The van der Waals surface area contributed by atoms with Gasteiger partial charge in [-0.3, -0.25) is 4.68 Å². The van der Waals surface area contributed by atoms with Gasteiger partial charge < -0.3 is 10.1 Å². The number of anilines is 1. The lowest BCUT2D eigenvalue weighted by Crippen LogP contribution is -2.33. The van der Waals surface area contributed by atoms with Gasteiger partial charge in [0.15, 0.2) is 0 Å².